The smallest absolute Gasteiger partial charge is 0.265 e. The fraction of sp³-hybridized carbons (Fsp3) is 0.391. The molecule has 0 radical (unpaired) electrons. The van der Waals surface area contributed by atoms with E-state index in [0.29, 0.717) is 56.5 Å². The molecule has 2 aliphatic rings. The molecule has 0 aliphatic carbocycles. The number of nitrogens with zero attached hydrogens (tertiary/aromatic N) is 2. The number of hydrogen-bond donors (Lipinski definition) is 0. The van der Waals surface area contributed by atoms with Crippen molar-refractivity contribution in [3.8, 4) is 11.5 Å². The van der Waals surface area contributed by atoms with E-state index in [1.807, 2.05) is 36.4 Å². The van der Waals surface area contributed by atoms with Gasteiger partial charge in [0, 0.05) is 30.8 Å². The SMILES string of the molecule is COc1ccc(C(C)=O)cc1CN1CC(C(=O)N2CCOCC2)Oc2ccccc21. The van der Waals surface area contributed by atoms with Crippen LogP contribution in [0.3, 0.4) is 0 Å². The van der Waals surface area contributed by atoms with Gasteiger partial charge < -0.3 is 24.0 Å². The molecular weight excluding hydrogens is 384 g/mol. The van der Waals surface area contributed by atoms with Crippen molar-refractivity contribution in [1.29, 1.82) is 0 Å². The maximum Gasteiger partial charge on any atom is 0.265 e. The number of carbonyl (C=O) groups is 2. The van der Waals surface area contributed by atoms with Gasteiger partial charge in [0.2, 0.25) is 0 Å². The predicted molar refractivity (Wildman–Crippen MR) is 112 cm³/mol. The predicted octanol–water partition coefficient (Wildman–Crippen LogP) is 2.52. The zero-order chi connectivity index (χ0) is 21.1. The highest BCUT2D eigenvalue weighted by Gasteiger charge is 2.34. The second kappa shape index (κ2) is 8.75. The van der Waals surface area contributed by atoms with Crippen LogP contribution in [0.4, 0.5) is 5.69 Å². The molecule has 1 saturated heterocycles. The summed E-state index contributed by atoms with van der Waals surface area (Å²) >= 11 is 0. The quantitative estimate of drug-likeness (QED) is 0.706. The lowest BCUT2D eigenvalue weighted by molar-refractivity contribution is -0.142. The molecule has 0 spiro atoms. The topological polar surface area (TPSA) is 68.3 Å². The number of fused-ring (bicyclic) bond motifs is 1. The Labute approximate surface area is 176 Å². The molecule has 0 N–H and O–H groups in total. The van der Waals surface area contributed by atoms with Crippen LogP contribution in [-0.4, -0.2) is 62.7 Å². The van der Waals surface area contributed by atoms with Crippen molar-refractivity contribution in [1.82, 2.24) is 4.90 Å². The molecule has 1 unspecified atom stereocenters. The minimum absolute atomic E-state index is 0.00153. The second-order valence-electron chi connectivity index (χ2n) is 7.48. The highest BCUT2D eigenvalue weighted by molar-refractivity contribution is 5.94. The van der Waals surface area contributed by atoms with E-state index in [0.717, 1.165) is 11.3 Å². The number of carbonyl (C=O) groups excluding carboxylic acids is 2. The summed E-state index contributed by atoms with van der Waals surface area (Å²) in [6, 6.07) is 13.1. The molecular formula is C23H26N2O5. The number of rotatable bonds is 5. The van der Waals surface area contributed by atoms with Crippen LogP contribution in [0.5, 0.6) is 11.5 Å². The molecule has 7 heteroatoms. The van der Waals surface area contributed by atoms with Gasteiger partial charge in [0.05, 0.1) is 32.6 Å². The molecule has 158 valence electrons. The summed E-state index contributed by atoms with van der Waals surface area (Å²) in [5.41, 5.74) is 2.44. The van der Waals surface area contributed by atoms with Crippen LogP contribution in [0.15, 0.2) is 42.5 Å². The molecule has 4 rings (SSSR count). The van der Waals surface area contributed by atoms with Crippen molar-refractivity contribution in [2.24, 2.45) is 0 Å². The number of hydrogen-bond acceptors (Lipinski definition) is 6. The maximum atomic E-state index is 13.1. The lowest BCUT2D eigenvalue weighted by Gasteiger charge is -2.38. The molecule has 2 aromatic rings. The van der Waals surface area contributed by atoms with E-state index in [4.69, 9.17) is 14.2 Å². The van der Waals surface area contributed by atoms with Crippen LogP contribution in [-0.2, 0) is 16.1 Å². The minimum atomic E-state index is -0.597. The third-order valence-electron chi connectivity index (χ3n) is 5.51. The van der Waals surface area contributed by atoms with Gasteiger partial charge in [0.25, 0.3) is 5.91 Å². The Kier molecular flexibility index (Phi) is 5.90. The summed E-state index contributed by atoms with van der Waals surface area (Å²) in [4.78, 5) is 28.9. The van der Waals surface area contributed by atoms with Crippen molar-refractivity contribution in [3.05, 3.63) is 53.6 Å². The summed E-state index contributed by atoms with van der Waals surface area (Å²) in [6.07, 6.45) is -0.597. The monoisotopic (exact) mass is 410 g/mol. The number of anilines is 1. The average Bonchev–Trinajstić information content (AvgIpc) is 2.79. The van der Waals surface area contributed by atoms with Gasteiger partial charge >= 0.3 is 0 Å². The molecule has 1 fully saturated rings. The van der Waals surface area contributed by atoms with Crippen LogP contribution in [0.1, 0.15) is 22.8 Å². The lowest BCUT2D eigenvalue weighted by Crippen LogP contribution is -2.52. The summed E-state index contributed by atoms with van der Waals surface area (Å²) in [5.74, 6) is 1.36. The van der Waals surface area contributed by atoms with Crippen LogP contribution in [0, 0.1) is 0 Å². The van der Waals surface area contributed by atoms with Gasteiger partial charge in [-0.1, -0.05) is 12.1 Å². The maximum absolute atomic E-state index is 13.1. The normalized spacial score (nSPS) is 18.4. The first kappa shape index (κ1) is 20.2. The summed E-state index contributed by atoms with van der Waals surface area (Å²) < 4.78 is 17.0. The van der Waals surface area contributed by atoms with Crippen LogP contribution < -0.4 is 14.4 Å². The Bertz CT molecular complexity index is 939. The third-order valence-corrected chi connectivity index (χ3v) is 5.51. The van der Waals surface area contributed by atoms with E-state index >= 15 is 0 Å². The molecule has 1 amide bonds. The van der Waals surface area contributed by atoms with Gasteiger partial charge in [-0.15, -0.1) is 0 Å². The van der Waals surface area contributed by atoms with Gasteiger partial charge in [0.15, 0.2) is 11.9 Å². The van der Waals surface area contributed by atoms with Crippen LogP contribution in [0.25, 0.3) is 0 Å². The Morgan fingerprint density at radius 3 is 2.63 bits per heavy atom. The molecule has 0 bridgehead atoms. The molecule has 0 aromatic heterocycles. The van der Waals surface area contributed by atoms with Gasteiger partial charge in [-0.3, -0.25) is 9.59 Å². The molecule has 2 aromatic carbocycles. The number of morpholine rings is 1. The number of Topliss-reactive ketones (excluding diaryl/α,β-unsaturated/α-hetero) is 1. The minimum Gasteiger partial charge on any atom is -0.496 e. The number of benzene rings is 2. The van der Waals surface area contributed by atoms with Crippen LogP contribution >= 0.6 is 0 Å². The molecule has 7 nitrogen and oxygen atoms in total. The Balaban J connectivity index is 1.62. The fourth-order valence-corrected chi connectivity index (χ4v) is 3.90. The first-order valence-electron chi connectivity index (χ1n) is 10.1. The molecule has 1 atom stereocenters. The Morgan fingerprint density at radius 2 is 1.90 bits per heavy atom. The van der Waals surface area contributed by atoms with Gasteiger partial charge in [-0.05, 0) is 37.3 Å². The van der Waals surface area contributed by atoms with E-state index in [9.17, 15) is 9.59 Å². The zero-order valence-corrected chi connectivity index (χ0v) is 17.3. The van der Waals surface area contributed by atoms with Crippen molar-refractivity contribution >= 4 is 17.4 Å². The lowest BCUT2D eigenvalue weighted by atomic mass is 10.0. The highest BCUT2D eigenvalue weighted by Crippen LogP contribution is 2.35. The molecule has 0 saturated carbocycles. The summed E-state index contributed by atoms with van der Waals surface area (Å²) in [5, 5.41) is 0. The summed E-state index contributed by atoms with van der Waals surface area (Å²) in [6.45, 7) is 4.72. The number of ether oxygens (including phenoxy) is 3. The van der Waals surface area contributed by atoms with E-state index < -0.39 is 6.10 Å². The third kappa shape index (κ3) is 4.11. The molecule has 2 aliphatic heterocycles. The fourth-order valence-electron chi connectivity index (χ4n) is 3.90. The Morgan fingerprint density at radius 1 is 1.13 bits per heavy atom. The number of methoxy groups -OCH3 is 1. The first-order valence-corrected chi connectivity index (χ1v) is 10.1. The molecule has 2 heterocycles. The summed E-state index contributed by atoms with van der Waals surface area (Å²) in [7, 11) is 1.62. The van der Waals surface area contributed by atoms with Gasteiger partial charge in [-0.2, -0.15) is 0 Å². The van der Waals surface area contributed by atoms with Crippen molar-refractivity contribution in [2.75, 3.05) is 44.9 Å². The number of amides is 1. The van der Waals surface area contributed by atoms with Crippen molar-refractivity contribution in [3.63, 3.8) is 0 Å². The average molecular weight is 410 g/mol. The standard InChI is InChI=1S/C23H26N2O5/c1-16(26)17-7-8-20(28-2)18(13-17)14-25-15-22(23(27)24-9-11-29-12-10-24)30-21-6-4-3-5-19(21)25/h3-8,13,22H,9-12,14-15H2,1-2H3. The van der Waals surface area contributed by atoms with E-state index in [1.165, 1.54) is 0 Å². The highest BCUT2D eigenvalue weighted by atomic mass is 16.5. The van der Waals surface area contributed by atoms with Gasteiger partial charge in [-0.25, -0.2) is 0 Å². The van der Waals surface area contributed by atoms with E-state index in [2.05, 4.69) is 4.90 Å². The van der Waals surface area contributed by atoms with Crippen molar-refractivity contribution < 1.29 is 23.8 Å². The number of ketones is 1. The largest absolute Gasteiger partial charge is 0.496 e. The van der Waals surface area contributed by atoms with E-state index in [-0.39, 0.29) is 11.7 Å². The van der Waals surface area contributed by atoms with Crippen LogP contribution in [0.2, 0.25) is 0 Å². The molecule has 30 heavy (non-hydrogen) atoms. The number of para-hydroxylation sites is 2. The van der Waals surface area contributed by atoms with Gasteiger partial charge in [0.1, 0.15) is 11.5 Å². The Hall–Kier alpha value is -3.06. The van der Waals surface area contributed by atoms with Crippen molar-refractivity contribution in [2.45, 2.75) is 19.6 Å². The second-order valence-corrected chi connectivity index (χ2v) is 7.48. The van der Waals surface area contributed by atoms with E-state index in [1.54, 1.807) is 25.0 Å². The zero-order valence-electron chi connectivity index (χ0n) is 17.3. The first-order chi connectivity index (χ1) is 14.6.